The van der Waals surface area contributed by atoms with Crippen LogP contribution >= 0.6 is 0 Å². The fraction of sp³-hybridized carbons (Fsp3) is 0.500. The van der Waals surface area contributed by atoms with Crippen molar-refractivity contribution in [2.45, 2.75) is 19.9 Å². The zero-order chi connectivity index (χ0) is 13.8. The maximum Gasteiger partial charge on any atom is 0.221 e. The molecule has 0 saturated carbocycles. The van der Waals surface area contributed by atoms with Crippen LogP contribution in [0.5, 0.6) is 11.5 Å². The molecule has 0 aromatic heterocycles. The number of carbonyl (C=O) groups is 1. The van der Waals surface area contributed by atoms with Gasteiger partial charge in [-0.05, 0) is 26.0 Å². The molecule has 19 heavy (non-hydrogen) atoms. The van der Waals surface area contributed by atoms with Crippen LogP contribution in [0.2, 0.25) is 0 Å². The number of likely N-dealkylation sites (tertiary alicyclic amines) is 1. The smallest absolute Gasteiger partial charge is 0.221 e. The lowest BCUT2D eigenvalue weighted by atomic mass is 10.1. The summed E-state index contributed by atoms with van der Waals surface area (Å²) in [4.78, 5) is 13.3. The number of hydrogen-bond donors (Lipinski definition) is 2. The van der Waals surface area contributed by atoms with Crippen LogP contribution < -0.4 is 10.5 Å². The van der Waals surface area contributed by atoms with Crippen LogP contribution in [0, 0.1) is 5.92 Å². The SMILES string of the molecule is CCOc1cccc(CN2CCC(C(N)=O)C2)c1O. The van der Waals surface area contributed by atoms with Crippen molar-refractivity contribution in [2.75, 3.05) is 19.7 Å². The fourth-order valence-corrected chi connectivity index (χ4v) is 2.42. The number of phenols is 1. The average Bonchev–Trinajstić information content (AvgIpc) is 2.83. The molecule has 1 aliphatic rings. The van der Waals surface area contributed by atoms with E-state index in [1.807, 2.05) is 19.1 Å². The predicted molar refractivity (Wildman–Crippen MR) is 71.9 cm³/mol. The highest BCUT2D eigenvalue weighted by atomic mass is 16.5. The number of nitrogens with two attached hydrogens (primary N) is 1. The zero-order valence-electron chi connectivity index (χ0n) is 11.1. The van der Waals surface area contributed by atoms with Crippen molar-refractivity contribution in [1.29, 1.82) is 0 Å². The van der Waals surface area contributed by atoms with E-state index in [4.69, 9.17) is 10.5 Å². The highest BCUT2D eigenvalue weighted by Gasteiger charge is 2.27. The van der Waals surface area contributed by atoms with E-state index in [9.17, 15) is 9.90 Å². The first-order chi connectivity index (χ1) is 9.11. The summed E-state index contributed by atoms with van der Waals surface area (Å²) < 4.78 is 5.36. The Morgan fingerprint density at radius 3 is 3.00 bits per heavy atom. The van der Waals surface area contributed by atoms with Crippen LogP contribution in [0.3, 0.4) is 0 Å². The highest BCUT2D eigenvalue weighted by molar-refractivity contribution is 5.77. The number of ether oxygens (including phenoxy) is 1. The van der Waals surface area contributed by atoms with Crippen LogP contribution in [0.25, 0.3) is 0 Å². The van der Waals surface area contributed by atoms with Crippen LogP contribution in [0.1, 0.15) is 18.9 Å². The first kappa shape index (κ1) is 13.7. The molecule has 1 fully saturated rings. The van der Waals surface area contributed by atoms with Gasteiger partial charge in [-0.15, -0.1) is 0 Å². The molecule has 0 spiro atoms. The summed E-state index contributed by atoms with van der Waals surface area (Å²) in [5.41, 5.74) is 6.13. The second-order valence-electron chi connectivity index (χ2n) is 4.82. The number of para-hydroxylation sites is 1. The zero-order valence-corrected chi connectivity index (χ0v) is 11.1. The minimum atomic E-state index is -0.241. The molecule has 1 aromatic rings. The van der Waals surface area contributed by atoms with E-state index >= 15 is 0 Å². The summed E-state index contributed by atoms with van der Waals surface area (Å²) in [5, 5.41) is 10.1. The summed E-state index contributed by atoms with van der Waals surface area (Å²) in [6.07, 6.45) is 0.793. The monoisotopic (exact) mass is 264 g/mol. The predicted octanol–water partition coefficient (Wildman–Crippen LogP) is 1.10. The molecule has 1 heterocycles. The Labute approximate surface area is 113 Å². The van der Waals surface area contributed by atoms with Crippen LogP contribution in [0.15, 0.2) is 18.2 Å². The standard InChI is InChI=1S/C14H20N2O3/c1-2-19-12-5-3-4-10(13(12)17)8-16-7-6-11(9-16)14(15)18/h3-5,11,17H,2,6-9H2,1H3,(H2,15,18). The lowest BCUT2D eigenvalue weighted by molar-refractivity contribution is -0.121. The van der Waals surface area contributed by atoms with E-state index in [1.165, 1.54) is 0 Å². The van der Waals surface area contributed by atoms with Crippen molar-refractivity contribution in [1.82, 2.24) is 4.90 Å². The number of phenolic OH excluding ortho intramolecular Hbond substituents is 1. The Bertz CT molecular complexity index is 462. The van der Waals surface area contributed by atoms with Gasteiger partial charge < -0.3 is 15.6 Å². The number of benzene rings is 1. The second kappa shape index (κ2) is 5.93. The molecule has 1 saturated heterocycles. The van der Waals surface area contributed by atoms with E-state index in [2.05, 4.69) is 4.90 Å². The number of primary amides is 1. The maximum atomic E-state index is 11.1. The first-order valence-corrected chi connectivity index (χ1v) is 6.57. The Kier molecular flexibility index (Phi) is 4.27. The topological polar surface area (TPSA) is 75.8 Å². The van der Waals surface area contributed by atoms with Gasteiger partial charge in [0.05, 0.1) is 12.5 Å². The molecule has 1 aromatic carbocycles. The summed E-state index contributed by atoms with van der Waals surface area (Å²) in [5.74, 6) is 0.379. The summed E-state index contributed by atoms with van der Waals surface area (Å²) in [6.45, 7) is 4.49. The molecule has 0 bridgehead atoms. The van der Waals surface area contributed by atoms with Gasteiger partial charge in [-0.3, -0.25) is 9.69 Å². The van der Waals surface area contributed by atoms with Crippen molar-refractivity contribution in [3.05, 3.63) is 23.8 Å². The number of nitrogens with zero attached hydrogens (tertiary/aromatic N) is 1. The Morgan fingerprint density at radius 2 is 2.37 bits per heavy atom. The molecule has 1 atom stereocenters. The molecule has 1 aliphatic heterocycles. The molecule has 3 N–H and O–H groups in total. The minimum absolute atomic E-state index is 0.0720. The number of rotatable bonds is 5. The molecule has 5 heteroatoms. The third-order valence-corrected chi connectivity index (χ3v) is 3.45. The molecular formula is C14H20N2O3. The largest absolute Gasteiger partial charge is 0.504 e. The quantitative estimate of drug-likeness (QED) is 0.835. The van der Waals surface area contributed by atoms with Crippen molar-refractivity contribution in [2.24, 2.45) is 11.7 Å². The number of amides is 1. The number of aromatic hydroxyl groups is 1. The van der Waals surface area contributed by atoms with Gasteiger partial charge in [0.15, 0.2) is 11.5 Å². The van der Waals surface area contributed by atoms with Gasteiger partial charge in [-0.2, -0.15) is 0 Å². The first-order valence-electron chi connectivity index (χ1n) is 6.57. The fourth-order valence-electron chi connectivity index (χ4n) is 2.42. The number of hydrogen-bond acceptors (Lipinski definition) is 4. The molecule has 104 valence electrons. The lowest BCUT2D eigenvalue weighted by Crippen LogP contribution is -2.27. The molecule has 5 nitrogen and oxygen atoms in total. The van der Waals surface area contributed by atoms with Crippen molar-refractivity contribution in [3.63, 3.8) is 0 Å². The molecule has 0 aliphatic carbocycles. The lowest BCUT2D eigenvalue weighted by Gasteiger charge is -2.17. The summed E-state index contributed by atoms with van der Waals surface area (Å²) in [7, 11) is 0. The normalized spacial score (nSPS) is 19.5. The number of carbonyl (C=O) groups excluding carboxylic acids is 1. The van der Waals surface area contributed by atoms with E-state index in [1.54, 1.807) is 6.07 Å². The van der Waals surface area contributed by atoms with Gasteiger partial charge in [0.2, 0.25) is 5.91 Å². The van der Waals surface area contributed by atoms with E-state index in [0.717, 1.165) is 18.5 Å². The molecule has 1 unspecified atom stereocenters. The third-order valence-electron chi connectivity index (χ3n) is 3.45. The molecular weight excluding hydrogens is 244 g/mol. The van der Waals surface area contributed by atoms with Crippen molar-refractivity contribution >= 4 is 5.91 Å². The Balaban J connectivity index is 2.04. The Morgan fingerprint density at radius 1 is 1.58 bits per heavy atom. The average molecular weight is 264 g/mol. The van der Waals surface area contributed by atoms with E-state index < -0.39 is 0 Å². The molecule has 1 amide bonds. The van der Waals surface area contributed by atoms with Crippen LogP contribution in [-0.2, 0) is 11.3 Å². The van der Waals surface area contributed by atoms with Gasteiger partial charge in [0.1, 0.15) is 0 Å². The van der Waals surface area contributed by atoms with Gasteiger partial charge in [-0.25, -0.2) is 0 Å². The maximum absolute atomic E-state index is 11.1. The van der Waals surface area contributed by atoms with Gasteiger partial charge in [-0.1, -0.05) is 12.1 Å². The van der Waals surface area contributed by atoms with Gasteiger partial charge >= 0.3 is 0 Å². The summed E-state index contributed by atoms with van der Waals surface area (Å²) >= 11 is 0. The van der Waals surface area contributed by atoms with Crippen molar-refractivity contribution in [3.8, 4) is 11.5 Å². The van der Waals surface area contributed by atoms with Gasteiger partial charge in [0, 0.05) is 18.7 Å². The second-order valence-corrected chi connectivity index (χ2v) is 4.82. The third kappa shape index (κ3) is 3.17. The summed E-state index contributed by atoms with van der Waals surface area (Å²) in [6, 6.07) is 5.48. The molecule has 2 rings (SSSR count). The minimum Gasteiger partial charge on any atom is -0.504 e. The van der Waals surface area contributed by atoms with Gasteiger partial charge in [0.25, 0.3) is 0 Å². The van der Waals surface area contributed by atoms with Crippen molar-refractivity contribution < 1.29 is 14.6 Å². The Hall–Kier alpha value is -1.75. The van der Waals surface area contributed by atoms with Crippen LogP contribution in [-0.4, -0.2) is 35.6 Å². The van der Waals surface area contributed by atoms with E-state index in [-0.39, 0.29) is 17.6 Å². The van der Waals surface area contributed by atoms with E-state index in [0.29, 0.717) is 25.4 Å². The molecule has 0 radical (unpaired) electrons. The van der Waals surface area contributed by atoms with Crippen LogP contribution in [0.4, 0.5) is 0 Å². The highest BCUT2D eigenvalue weighted by Crippen LogP contribution is 2.31.